The van der Waals surface area contributed by atoms with Crippen molar-refractivity contribution < 1.29 is 13.2 Å². The van der Waals surface area contributed by atoms with Crippen molar-refractivity contribution in [2.45, 2.75) is 32.6 Å². The maximum Gasteiger partial charge on any atom is 0.214 e. The van der Waals surface area contributed by atoms with Crippen LogP contribution in [0.15, 0.2) is 0 Å². The van der Waals surface area contributed by atoms with Crippen LogP contribution in [0.25, 0.3) is 0 Å². The molecule has 1 rings (SSSR count). The Hall–Kier alpha value is -0.420. The van der Waals surface area contributed by atoms with Gasteiger partial charge in [-0.05, 0) is 19.3 Å². The van der Waals surface area contributed by atoms with Crippen molar-refractivity contribution >= 4 is 15.8 Å². The summed E-state index contributed by atoms with van der Waals surface area (Å²) in [6.07, 6.45) is 2.75. The fourth-order valence-electron chi connectivity index (χ4n) is 1.59. The molecule has 0 aromatic carbocycles. The zero-order chi connectivity index (χ0) is 10.6. The van der Waals surface area contributed by atoms with Crippen molar-refractivity contribution in [1.82, 2.24) is 4.31 Å². The standard InChI is InChI=1S/C9H17NO3S/c1-2-7-14(12,13)10-6-4-3-5-9(11)8-10/h2-8H2,1H3. The zero-order valence-electron chi connectivity index (χ0n) is 8.53. The van der Waals surface area contributed by atoms with Crippen LogP contribution in [0.4, 0.5) is 0 Å². The van der Waals surface area contributed by atoms with E-state index in [4.69, 9.17) is 0 Å². The molecule has 0 amide bonds. The second-order valence-corrected chi connectivity index (χ2v) is 5.73. The smallest absolute Gasteiger partial charge is 0.214 e. The highest BCUT2D eigenvalue weighted by Gasteiger charge is 2.25. The topological polar surface area (TPSA) is 54.5 Å². The predicted octanol–water partition coefficient (Wildman–Crippen LogP) is 0.781. The molecule has 1 heterocycles. The van der Waals surface area contributed by atoms with Gasteiger partial charge in [0.05, 0.1) is 12.3 Å². The molecule has 0 radical (unpaired) electrons. The summed E-state index contributed by atoms with van der Waals surface area (Å²) in [5, 5.41) is 0. The van der Waals surface area contributed by atoms with Crippen molar-refractivity contribution in [2.75, 3.05) is 18.8 Å². The van der Waals surface area contributed by atoms with Crippen LogP contribution in [0.1, 0.15) is 32.6 Å². The van der Waals surface area contributed by atoms with Crippen LogP contribution < -0.4 is 0 Å². The molecule has 14 heavy (non-hydrogen) atoms. The minimum absolute atomic E-state index is 0.0437. The molecule has 0 saturated carbocycles. The Morgan fingerprint density at radius 2 is 2.07 bits per heavy atom. The summed E-state index contributed by atoms with van der Waals surface area (Å²) >= 11 is 0. The molecular formula is C9H17NO3S. The van der Waals surface area contributed by atoms with Gasteiger partial charge in [0.1, 0.15) is 5.78 Å². The van der Waals surface area contributed by atoms with E-state index in [0.717, 1.165) is 12.8 Å². The normalized spacial score (nSPS) is 20.8. The molecule has 1 fully saturated rings. The summed E-state index contributed by atoms with van der Waals surface area (Å²) in [7, 11) is -3.18. The Morgan fingerprint density at radius 1 is 1.36 bits per heavy atom. The fraction of sp³-hybridized carbons (Fsp3) is 0.889. The molecule has 0 atom stereocenters. The number of hydrogen-bond acceptors (Lipinski definition) is 3. The van der Waals surface area contributed by atoms with Crippen molar-refractivity contribution in [3.63, 3.8) is 0 Å². The molecule has 0 aromatic heterocycles. The van der Waals surface area contributed by atoms with Gasteiger partial charge in [-0.3, -0.25) is 4.79 Å². The van der Waals surface area contributed by atoms with Crippen LogP contribution in [0.5, 0.6) is 0 Å². The van der Waals surface area contributed by atoms with E-state index in [1.54, 1.807) is 0 Å². The third kappa shape index (κ3) is 3.06. The molecule has 1 saturated heterocycles. The number of ketones is 1. The monoisotopic (exact) mass is 219 g/mol. The number of Topliss-reactive ketones (excluding diaryl/α,β-unsaturated/α-hetero) is 1. The molecule has 1 aliphatic heterocycles. The zero-order valence-corrected chi connectivity index (χ0v) is 9.35. The number of sulfonamides is 1. The number of carbonyl (C=O) groups is 1. The second-order valence-electron chi connectivity index (χ2n) is 3.65. The molecule has 0 unspecified atom stereocenters. The van der Waals surface area contributed by atoms with Crippen molar-refractivity contribution in [3.05, 3.63) is 0 Å². The number of carbonyl (C=O) groups excluding carboxylic acids is 1. The molecule has 82 valence electrons. The highest BCUT2D eigenvalue weighted by Crippen LogP contribution is 2.12. The average molecular weight is 219 g/mol. The third-order valence-electron chi connectivity index (χ3n) is 2.32. The summed E-state index contributed by atoms with van der Waals surface area (Å²) in [5.41, 5.74) is 0. The van der Waals surface area contributed by atoms with Gasteiger partial charge in [0.2, 0.25) is 10.0 Å². The molecule has 0 aromatic rings. The van der Waals surface area contributed by atoms with E-state index in [0.29, 0.717) is 19.4 Å². The van der Waals surface area contributed by atoms with Crippen LogP contribution in [0, 0.1) is 0 Å². The second kappa shape index (κ2) is 4.89. The Bertz CT molecular complexity index is 297. The highest BCUT2D eigenvalue weighted by atomic mass is 32.2. The van der Waals surface area contributed by atoms with Gasteiger partial charge in [-0.15, -0.1) is 0 Å². The van der Waals surface area contributed by atoms with Crippen LogP contribution >= 0.6 is 0 Å². The molecular weight excluding hydrogens is 202 g/mol. The Morgan fingerprint density at radius 3 is 2.71 bits per heavy atom. The molecule has 0 aliphatic carbocycles. The molecule has 0 bridgehead atoms. The summed E-state index contributed by atoms with van der Waals surface area (Å²) in [5.74, 6) is 0.197. The largest absolute Gasteiger partial charge is 0.298 e. The lowest BCUT2D eigenvalue weighted by Crippen LogP contribution is -2.36. The highest BCUT2D eigenvalue weighted by molar-refractivity contribution is 7.89. The first kappa shape index (κ1) is 11.7. The van der Waals surface area contributed by atoms with E-state index in [1.807, 2.05) is 6.92 Å². The summed E-state index contributed by atoms with van der Waals surface area (Å²) in [6.45, 7) is 2.42. The lowest BCUT2D eigenvalue weighted by Gasteiger charge is -2.18. The van der Waals surface area contributed by atoms with E-state index in [9.17, 15) is 13.2 Å². The van der Waals surface area contributed by atoms with E-state index in [-0.39, 0.29) is 18.1 Å². The molecule has 1 aliphatic rings. The van der Waals surface area contributed by atoms with Crippen LogP contribution in [0.2, 0.25) is 0 Å². The first-order valence-corrected chi connectivity index (χ1v) is 6.66. The molecule has 4 nitrogen and oxygen atoms in total. The quantitative estimate of drug-likeness (QED) is 0.705. The van der Waals surface area contributed by atoms with Gasteiger partial charge in [0.15, 0.2) is 0 Å². The Kier molecular flexibility index (Phi) is 4.07. The summed E-state index contributed by atoms with van der Waals surface area (Å²) in [6, 6.07) is 0. The maximum atomic E-state index is 11.7. The van der Waals surface area contributed by atoms with Gasteiger partial charge in [-0.1, -0.05) is 6.92 Å². The van der Waals surface area contributed by atoms with Crippen LogP contribution in [0.3, 0.4) is 0 Å². The van der Waals surface area contributed by atoms with E-state index >= 15 is 0 Å². The maximum absolute atomic E-state index is 11.7. The van der Waals surface area contributed by atoms with E-state index < -0.39 is 10.0 Å². The Balaban J connectivity index is 2.70. The molecule has 0 N–H and O–H groups in total. The minimum atomic E-state index is -3.18. The molecule has 0 spiro atoms. The van der Waals surface area contributed by atoms with Gasteiger partial charge >= 0.3 is 0 Å². The third-order valence-corrected chi connectivity index (χ3v) is 4.34. The minimum Gasteiger partial charge on any atom is -0.298 e. The summed E-state index contributed by atoms with van der Waals surface area (Å²) < 4.78 is 24.7. The van der Waals surface area contributed by atoms with Gasteiger partial charge in [0.25, 0.3) is 0 Å². The molecule has 5 heteroatoms. The van der Waals surface area contributed by atoms with E-state index in [1.165, 1.54) is 4.31 Å². The average Bonchev–Trinajstić information content (AvgIpc) is 2.30. The van der Waals surface area contributed by atoms with Gasteiger partial charge in [-0.2, -0.15) is 4.31 Å². The number of nitrogens with zero attached hydrogens (tertiary/aromatic N) is 1. The lowest BCUT2D eigenvalue weighted by atomic mass is 10.2. The first-order chi connectivity index (χ1) is 6.56. The van der Waals surface area contributed by atoms with Crippen LogP contribution in [-0.4, -0.2) is 37.3 Å². The first-order valence-electron chi connectivity index (χ1n) is 5.06. The van der Waals surface area contributed by atoms with Crippen molar-refractivity contribution in [2.24, 2.45) is 0 Å². The van der Waals surface area contributed by atoms with Crippen LogP contribution in [-0.2, 0) is 14.8 Å². The van der Waals surface area contributed by atoms with Crippen molar-refractivity contribution in [1.29, 1.82) is 0 Å². The fourth-order valence-corrected chi connectivity index (χ4v) is 3.11. The number of rotatable bonds is 3. The summed E-state index contributed by atoms with van der Waals surface area (Å²) in [4.78, 5) is 11.2. The van der Waals surface area contributed by atoms with Crippen molar-refractivity contribution in [3.8, 4) is 0 Å². The SMILES string of the molecule is CCCS(=O)(=O)N1CCCCC(=O)C1. The lowest BCUT2D eigenvalue weighted by molar-refractivity contribution is -0.118. The van der Waals surface area contributed by atoms with Gasteiger partial charge < -0.3 is 0 Å². The van der Waals surface area contributed by atoms with E-state index in [2.05, 4.69) is 0 Å². The predicted molar refractivity (Wildman–Crippen MR) is 54.5 cm³/mol. The van der Waals surface area contributed by atoms with Gasteiger partial charge in [0, 0.05) is 13.0 Å². The Labute approximate surface area is 85.3 Å². The number of hydrogen-bond donors (Lipinski definition) is 0. The van der Waals surface area contributed by atoms with Gasteiger partial charge in [-0.25, -0.2) is 8.42 Å².